The van der Waals surface area contributed by atoms with Crippen molar-refractivity contribution in [3.05, 3.63) is 54.1 Å². The molecule has 2 rings (SSSR count). The Morgan fingerprint density at radius 2 is 1.94 bits per heavy atom. The van der Waals surface area contributed by atoms with Crippen LogP contribution in [0.15, 0.2) is 42.7 Å². The van der Waals surface area contributed by atoms with E-state index in [0.717, 1.165) is 0 Å². The van der Waals surface area contributed by atoms with Gasteiger partial charge in [0.1, 0.15) is 5.82 Å². The van der Waals surface area contributed by atoms with Gasteiger partial charge in [0.25, 0.3) is 0 Å². The first-order chi connectivity index (χ1) is 7.70. The molecule has 0 saturated heterocycles. The Hall–Kier alpha value is -2.23. The molecule has 0 fully saturated rings. The number of nitrogens with two attached hydrogens (primary N) is 1. The number of primary amides is 1. The van der Waals surface area contributed by atoms with E-state index >= 15 is 0 Å². The lowest BCUT2D eigenvalue weighted by molar-refractivity contribution is 0.100. The van der Waals surface area contributed by atoms with E-state index in [1.54, 1.807) is 18.2 Å². The molecule has 1 amide bonds. The summed E-state index contributed by atoms with van der Waals surface area (Å²) in [6.45, 7) is 0. The fourth-order valence-electron chi connectivity index (χ4n) is 1.50. The van der Waals surface area contributed by atoms with Crippen LogP contribution >= 0.6 is 0 Å². The SMILES string of the molecule is NC(=O)c1ccncc1-c1ccccc1F. The molecule has 1 aromatic heterocycles. The summed E-state index contributed by atoms with van der Waals surface area (Å²) in [4.78, 5) is 15.0. The van der Waals surface area contributed by atoms with Crippen molar-refractivity contribution in [3.8, 4) is 11.1 Å². The van der Waals surface area contributed by atoms with Gasteiger partial charge in [-0.25, -0.2) is 4.39 Å². The first kappa shape index (κ1) is 10.3. The number of rotatable bonds is 2. The van der Waals surface area contributed by atoms with E-state index in [-0.39, 0.29) is 5.56 Å². The van der Waals surface area contributed by atoms with Crippen LogP contribution < -0.4 is 5.73 Å². The summed E-state index contributed by atoms with van der Waals surface area (Å²) in [5, 5.41) is 0. The molecule has 0 atom stereocenters. The molecule has 0 saturated carbocycles. The Kier molecular flexibility index (Phi) is 2.64. The number of nitrogens with zero attached hydrogens (tertiary/aromatic N) is 1. The molecule has 0 aliphatic carbocycles. The van der Waals surface area contributed by atoms with Crippen molar-refractivity contribution in [3.63, 3.8) is 0 Å². The van der Waals surface area contributed by atoms with Crippen LogP contribution in [0.2, 0.25) is 0 Å². The molecule has 80 valence electrons. The van der Waals surface area contributed by atoms with Crippen LogP contribution in [0.4, 0.5) is 4.39 Å². The minimum atomic E-state index is -0.597. The quantitative estimate of drug-likeness (QED) is 0.834. The third-order valence-electron chi connectivity index (χ3n) is 2.25. The van der Waals surface area contributed by atoms with E-state index in [9.17, 15) is 9.18 Å². The minimum absolute atomic E-state index is 0.264. The fraction of sp³-hybridized carbons (Fsp3) is 0. The zero-order chi connectivity index (χ0) is 11.5. The number of benzene rings is 1. The maximum Gasteiger partial charge on any atom is 0.249 e. The highest BCUT2D eigenvalue weighted by atomic mass is 19.1. The van der Waals surface area contributed by atoms with Gasteiger partial charge in [-0.05, 0) is 12.1 Å². The van der Waals surface area contributed by atoms with E-state index in [1.807, 2.05) is 0 Å². The van der Waals surface area contributed by atoms with Crippen LogP contribution in [0, 0.1) is 5.82 Å². The van der Waals surface area contributed by atoms with Crippen molar-refractivity contribution in [2.75, 3.05) is 0 Å². The Bertz CT molecular complexity index is 540. The smallest absolute Gasteiger partial charge is 0.249 e. The lowest BCUT2D eigenvalue weighted by atomic mass is 10.0. The normalized spacial score (nSPS) is 10.1. The van der Waals surface area contributed by atoms with E-state index in [0.29, 0.717) is 11.1 Å². The van der Waals surface area contributed by atoms with Crippen molar-refractivity contribution in [2.45, 2.75) is 0 Å². The topological polar surface area (TPSA) is 56.0 Å². The van der Waals surface area contributed by atoms with Gasteiger partial charge in [-0.2, -0.15) is 0 Å². The number of aromatic nitrogens is 1. The summed E-state index contributed by atoms with van der Waals surface area (Å²) < 4.78 is 13.5. The number of hydrogen-bond acceptors (Lipinski definition) is 2. The zero-order valence-electron chi connectivity index (χ0n) is 8.35. The predicted molar refractivity (Wildman–Crippen MR) is 58.1 cm³/mol. The number of amides is 1. The molecule has 0 radical (unpaired) electrons. The highest BCUT2D eigenvalue weighted by Crippen LogP contribution is 2.24. The lowest BCUT2D eigenvalue weighted by Gasteiger charge is -2.06. The van der Waals surface area contributed by atoms with E-state index in [4.69, 9.17) is 5.73 Å². The first-order valence-corrected chi connectivity index (χ1v) is 4.69. The standard InChI is InChI=1S/C12H9FN2O/c13-11-4-2-1-3-8(11)10-7-15-6-5-9(10)12(14)16/h1-7H,(H2,14,16). The molecule has 4 heteroatoms. The van der Waals surface area contributed by atoms with Gasteiger partial charge in [0.2, 0.25) is 5.91 Å². The monoisotopic (exact) mass is 216 g/mol. The van der Waals surface area contributed by atoms with Crippen LogP contribution in [-0.4, -0.2) is 10.9 Å². The van der Waals surface area contributed by atoms with E-state index in [2.05, 4.69) is 4.98 Å². The van der Waals surface area contributed by atoms with Gasteiger partial charge in [-0.1, -0.05) is 18.2 Å². The fourth-order valence-corrected chi connectivity index (χ4v) is 1.50. The molecule has 16 heavy (non-hydrogen) atoms. The highest BCUT2D eigenvalue weighted by molar-refractivity contribution is 5.99. The van der Waals surface area contributed by atoms with Gasteiger partial charge in [-0.3, -0.25) is 9.78 Å². The maximum absolute atomic E-state index is 13.5. The van der Waals surface area contributed by atoms with Crippen molar-refractivity contribution < 1.29 is 9.18 Å². The summed E-state index contributed by atoms with van der Waals surface area (Å²) in [5.41, 5.74) is 6.21. The average molecular weight is 216 g/mol. The molecule has 0 aliphatic rings. The number of carbonyl (C=O) groups excluding carboxylic acids is 1. The third kappa shape index (κ3) is 1.77. The van der Waals surface area contributed by atoms with Crippen LogP contribution in [0.5, 0.6) is 0 Å². The predicted octanol–water partition coefficient (Wildman–Crippen LogP) is 1.99. The average Bonchev–Trinajstić information content (AvgIpc) is 2.29. The summed E-state index contributed by atoms with van der Waals surface area (Å²) in [6.07, 6.45) is 2.88. The second-order valence-corrected chi connectivity index (χ2v) is 3.27. The molecular weight excluding hydrogens is 207 g/mol. The molecule has 1 aromatic carbocycles. The summed E-state index contributed by atoms with van der Waals surface area (Å²) in [7, 11) is 0. The second-order valence-electron chi connectivity index (χ2n) is 3.27. The van der Waals surface area contributed by atoms with Gasteiger partial charge < -0.3 is 5.73 Å². The molecule has 0 aliphatic heterocycles. The highest BCUT2D eigenvalue weighted by Gasteiger charge is 2.12. The van der Waals surface area contributed by atoms with Gasteiger partial charge >= 0.3 is 0 Å². The Labute approximate surface area is 91.7 Å². The van der Waals surface area contributed by atoms with Crippen LogP contribution in [0.25, 0.3) is 11.1 Å². The Morgan fingerprint density at radius 3 is 2.62 bits per heavy atom. The van der Waals surface area contributed by atoms with Gasteiger partial charge in [0.15, 0.2) is 0 Å². The molecule has 0 unspecified atom stereocenters. The number of halogens is 1. The largest absolute Gasteiger partial charge is 0.366 e. The number of carbonyl (C=O) groups is 1. The maximum atomic E-state index is 13.5. The lowest BCUT2D eigenvalue weighted by Crippen LogP contribution is -2.12. The molecule has 0 spiro atoms. The molecule has 0 bridgehead atoms. The van der Waals surface area contributed by atoms with E-state index < -0.39 is 11.7 Å². The van der Waals surface area contributed by atoms with Crippen molar-refractivity contribution in [1.29, 1.82) is 0 Å². The van der Waals surface area contributed by atoms with Gasteiger partial charge in [0, 0.05) is 23.5 Å². The van der Waals surface area contributed by atoms with E-state index in [1.165, 1.54) is 24.5 Å². The molecular formula is C12H9FN2O. The summed E-state index contributed by atoms with van der Waals surface area (Å²) >= 11 is 0. The van der Waals surface area contributed by atoms with Crippen molar-refractivity contribution >= 4 is 5.91 Å². The van der Waals surface area contributed by atoms with Crippen LogP contribution in [-0.2, 0) is 0 Å². The Balaban J connectivity index is 2.65. The van der Waals surface area contributed by atoms with Crippen molar-refractivity contribution in [2.24, 2.45) is 5.73 Å². The van der Waals surface area contributed by atoms with Crippen LogP contribution in [0.3, 0.4) is 0 Å². The third-order valence-corrected chi connectivity index (χ3v) is 2.25. The Morgan fingerprint density at radius 1 is 1.19 bits per heavy atom. The molecule has 2 N–H and O–H groups in total. The summed E-state index contributed by atoms with van der Waals surface area (Å²) in [5.74, 6) is -1.00. The second kappa shape index (κ2) is 4.10. The van der Waals surface area contributed by atoms with Crippen molar-refractivity contribution in [1.82, 2.24) is 4.98 Å². The summed E-state index contributed by atoms with van der Waals surface area (Å²) in [6, 6.07) is 7.66. The number of pyridine rings is 1. The molecule has 1 heterocycles. The van der Waals surface area contributed by atoms with Gasteiger partial charge in [-0.15, -0.1) is 0 Å². The minimum Gasteiger partial charge on any atom is -0.366 e. The molecule has 2 aromatic rings. The van der Waals surface area contributed by atoms with Crippen LogP contribution in [0.1, 0.15) is 10.4 Å². The van der Waals surface area contributed by atoms with Gasteiger partial charge in [0.05, 0.1) is 5.56 Å². The number of hydrogen-bond donors (Lipinski definition) is 1. The first-order valence-electron chi connectivity index (χ1n) is 4.69. The molecule has 3 nitrogen and oxygen atoms in total. The zero-order valence-corrected chi connectivity index (χ0v) is 8.35.